The van der Waals surface area contributed by atoms with Gasteiger partial charge in [-0.15, -0.1) is 11.8 Å². The Morgan fingerprint density at radius 2 is 2.00 bits per heavy atom. The molecule has 0 spiro atoms. The Labute approximate surface area is 67.3 Å². The SMILES string of the molecule is CSC1=C(C)CCNCC1. The predicted octanol–water partition coefficient (Wildman–Crippen LogP) is 2.01. The molecule has 0 radical (unpaired) electrons. The Morgan fingerprint density at radius 3 is 2.70 bits per heavy atom. The fourth-order valence-electron chi connectivity index (χ4n) is 1.23. The van der Waals surface area contributed by atoms with Crippen LogP contribution in [0.4, 0.5) is 0 Å². The Hall–Kier alpha value is 0.0500. The first kappa shape index (κ1) is 8.15. The molecule has 0 saturated heterocycles. The molecule has 1 heterocycles. The van der Waals surface area contributed by atoms with Gasteiger partial charge in [0.25, 0.3) is 0 Å². The van der Waals surface area contributed by atoms with Gasteiger partial charge < -0.3 is 5.32 Å². The predicted molar refractivity (Wildman–Crippen MR) is 48.3 cm³/mol. The van der Waals surface area contributed by atoms with Gasteiger partial charge in [0.15, 0.2) is 0 Å². The van der Waals surface area contributed by atoms with Crippen LogP contribution >= 0.6 is 11.8 Å². The van der Waals surface area contributed by atoms with Gasteiger partial charge in [-0.3, -0.25) is 0 Å². The molecule has 0 bridgehead atoms. The summed E-state index contributed by atoms with van der Waals surface area (Å²) in [7, 11) is 0. The van der Waals surface area contributed by atoms with E-state index in [1.165, 1.54) is 12.8 Å². The van der Waals surface area contributed by atoms with E-state index in [-0.39, 0.29) is 0 Å². The minimum atomic E-state index is 1.16. The summed E-state index contributed by atoms with van der Waals surface area (Å²) in [5, 5.41) is 3.39. The molecule has 1 nitrogen and oxygen atoms in total. The standard InChI is InChI=1S/C8H15NS/c1-7-3-5-9-6-4-8(7)10-2/h9H,3-6H2,1-2H3. The van der Waals surface area contributed by atoms with Gasteiger partial charge in [0.1, 0.15) is 0 Å². The van der Waals surface area contributed by atoms with E-state index < -0.39 is 0 Å². The average molecular weight is 157 g/mol. The van der Waals surface area contributed by atoms with Crippen LogP contribution in [0.3, 0.4) is 0 Å². The molecule has 1 N–H and O–H groups in total. The second kappa shape index (κ2) is 4.04. The first-order valence-corrected chi connectivity index (χ1v) is 5.00. The van der Waals surface area contributed by atoms with Gasteiger partial charge in [0.2, 0.25) is 0 Å². The number of rotatable bonds is 1. The van der Waals surface area contributed by atoms with Crippen molar-refractivity contribution in [2.75, 3.05) is 19.3 Å². The van der Waals surface area contributed by atoms with E-state index in [1.807, 2.05) is 11.8 Å². The third kappa shape index (κ3) is 2.03. The maximum Gasteiger partial charge on any atom is -0.000320 e. The van der Waals surface area contributed by atoms with E-state index in [4.69, 9.17) is 0 Å². The zero-order chi connectivity index (χ0) is 7.40. The van der Waals surface area contributed by atoms with Crippen LogP contribution in [0.15, 0.2) is 10.5 Å². The molecule has 2 heteroatoms. The largest absolute Gasteiger partial charge is 0.316 e. The lowest BCUT2D eigenvalue weighted by Crippen LogP contribution is -2.13. The molecule has 0 unspecified atom stereocenters. The van der Waals surface area contributed by atoms with Crippen LogP contribution in [0.5, 0.6) is 0 Å². The number of thioether (sulfide) groups is 1. The average Bonchev–Trinajstić information content (AvgIpc) is 2.13. The zero-order valence-electron chi connectivity index (χ0n) is 6.74. The van der Waals surface area contributed by atoms with Crippen molar-refractivity contribution in [3.63, 3.8) is 0 Å². The lowest BCUT2D eigenvalue weighted by molar-refractivity contribution is 0.709. The minimum absolute atomic E-state index is 1.16. The number of nitrogens with one attached hydrogen (secondary N) is 1. The highest BCUT2D eigenvalue weighted by Crippen LogP contribution is 2.23. The van der Waals surface area contributed by atoms with Crippen LogP contribution in [0.1, 0.15) is 19.8 Å². The van der Waals surface area contributed by atoms with Gasteiger partial charge in [-0.05, 0) is 44.0 Å². The van der Waals surface area contributed by atoms with E-state index >= 15 is 0 Å². The molecule has 0 aromatic rings. The van der Waals surface area contributed by atoms with E-state index in [0.29, 0.717) is 0 Å². The molecule has 1 aliphatic heterocycles. The summed E-state index contributed by atoms with van der Waals surface area (Å²) >= 11 is 1.91. The fraction of sp³-hybridized carbons (Fsp3) is 0.750. The highest BCUT2D eigenvalue weighted by Gasteiger charge is 2.04. The van der Waals surface area contributed by atoms with Crippen molar-refractivity contribution in [1.82, 2.24) is 5.32 Å². The van der Waals surface area contributed by atoms with Gasteiger partial charge in [-0.2, -0.15) is 0 Å². The van der Waals surface area contributed by atoms with Crippen LogP contribution in [-0.4, -0.2) is 19.3 Å². The molecule has 58 valence electrons. The maximum absolute atomic E-state index is 3.39. The van der Waals surface area contributed by atoms with Gasteiger partial charge in [-0.25, -0.2) is 0 Å². The van der Waals surface area contributed by atoms with E-state index in [9.17, 15) is 0 Å². The Balaban J connectivity index is 2.58. The van der Waals surface area contributed by atoms with E-state index in [0.717, 1.165) is 13.1 Å². The summed E-state index contributed by atoms with van der Waals surface area (Å²) in [5.74, 6) is 0. The maximum atomic E-state index is 3.39. The van der Waals surface area contributed by atoms with E-state index in [1.54, 1.807) is 10.5 Å². The van der Waals surface area contributed by atoms with Crippen molar-refractivity contribution in [3.8, 4) is 0 Å². The van der Waals surface area contributed by atoms with Gasteiger partial charge in [-0.1, -0.05) is 5.57 Å². The van der Waals surface area contributed by atoms with Crippen LogP contribution < -0.4 is 5.32 Å². The highest BCUT2D eigenvalue weighted by molar-refractivity contribution is 8.02. The topological polar surface area (TPSA) is 12.0 Å². The summed E-state index contributed by atoms with van der Waals surface area (Å²) < 4.78 is 0. The molecule has 0 atom stereocenters. The second-order valence-corrected chi connectivity index (χ2v) is 3.56. The van der Waals surface area contributed by atoms with Crippen LogP contribution in [0.2, 0.25) is 0 Å². The smallest absolute Gasteiger partial charge is 0.000320 e. The van der Waals surface area contributed by atoms with Crippen molar-refractivity contribution >= 4 is 11.8 Å². The Kier molecular flexibility index (Phi) is 3.29. The van der Waals surface area contributed by atoms with Gasteiger partial charge in [0.05, 0.1) is 0 Å². The Bertz CT molecular complexity index is 140. The third-order valence-electron chi connectivity index (χ3n) is 1.93. The molecule has 0 aromatic heterocycles. The highest BCUT2D eigenvalue weighted by atomic mass is 32.2. The van der Waals surface area contributed by atoms with Crippen molar-refractivity contribution in [1.29, 1.82) is 0 Å². The number of hydrogen-bond acceptors (Lipinski definition) is 2. The third-order valence-corrected chi connectivity index (χ3v) is 2.97. The molecular weight excluding hydrogens is 142 g/mol. The second-order valence-electron chi connectivity index (χ2n) is 2.66. The van der Waals surface area contributed by atoms with Crippen LogP contribution in [-0.2, 0) is 0 Å². The molecular formula is C8H15NS. The molecule has 0 aliphatic carbocycles. The van der Waals surface area contributed by atoms with Crippen LogP contribution in [0, 0.1) is 0 Å². The molecule has 0 aromatic carbocycles. The quantitative estimate of drug-likeness (QED) is 0.625. The van der Waals surface area contributed by atoms with Gasteiger partial charge in [0, 0.05) is 0 Å². The molecule has 1 aliphatic rings. The number of hydrogen-bond donors (Lipinski definition) is 1. The zero-order valence-corrected chi connectivity index (χ0v) is 7.55. The lowest BCUT2D eigenvalue weighted by Gasteiger charge is -2.02. The van der Waals surface area contributed by atoms with Crippen molar-refractivity contribution < 1.29 is 0 Å². The lowest BCUT2D eigenvalue weighted by atomic mass is 10.2. The van der Waals surface area contributed by atoms with Crippen molar-refractivity contribution in [2.24, 2.45) is 0 Å². The van der Waals surface area contributed by atoms with Gasteiger partial charge >= 0.3 is 0 Å². The summed E-state index contributed by atoms with van der Waals surface area (Å²) in [4.78, 5) is 1.59. The summed E-state index contributed by atoms with van der Waals surface area (Å²) in [6, 6.07) is 0. The van der Waals surface area contributed by atoms with Crippen molar-refractivity contribution in [3.05, 3.63) is 10.5 Å². The molecule has 0 fully saturated rings. The molecule has 1 rings (SSSR count). The van der Waals surface area contributed by atoms with Crippen molar-refractivity contribution in [2.45, 2.75) is 19.8 Å². The monoisotopic (exact) mass is 157 g/mol. The first-order chi connectivity index (χ1) is 4.84. The Morgan fingerprint density at radius 1 is 1.30 bits per heavy atom. The molecule has 0 amide bonds. The van der Waals surface area contributed by atoms with E-state index in [2.05, 4.69) is 18.5 Å². The minimum Gasteiger partial charge on any atom is -0.316 e. The fourth-order valence-corrected chi connectivity index (χ4v) is 1.99. The summed E-state index contributed by atoms with van der Waals surface area (Å²) in [6.45, 7) is 4.57. The van der Waals surface area contributed by atoms with Crippen LogP contribution in [0.25, 0.3) is 0 Å². The summed E-state index contributed by atoms with van der Waals surface area (Å²) in [5.41, 5.74) is 1.58. The normalized spacial score (nSPS) is 21.0. The first-order valence-electron chi connectivity index (χ1n) is 3.78. The molecule has 0 saturated carbocycles. The molecule has 10 heavy (non-hydrogen) atoms. The summed E-state index contributed by atoms with van der Waals surface area (Å²) in [6.07, 6.45) is 4.63.